The van der Waals surface area contributed by atoms with Gasteiger partial charge in [-0.05, 0) is 36.2 Å². The van der Waals surface area contributed by atoms with Crippen molar-refractivity contribution in [2.75, 3.05) is 0 Å². The van der Waals surface area contributed by atoms with E-state index in [2.05, 4.69) is 9.97 Å². The second kappa shape index (κ2) is 4.45. The second-order valence-electron chi connectivity index (χ2n) is 4.62. The summed E-state index contributed by atoms with van der Waals surface area (Å²) < 4.78 is 14.1. The molecule has 100 valence electrons. The number of nitrogens with one attached hydrogen (secondary N) is 2. The summed E-state index contributed by atoms with van der Waals surface area (Å²) in [4.78, 5) is 28.1. The maximum Gasteiger partial charge on any atom is 0.255 e. The van der Waals surface area contributed by atoms with Gasteiger partial charge in [0.1, 0.15) is 5.82 Å². The summed E-state index contributed by atoms with van der Waals surface area (Å²) in [5.74, 6) is -0.464. The van der Waals surface area contributed by atoms with Crippen molar-refractivity contribution in [2.24, 2.45) is 0 Å². The van der Waals surface area contributed by atoms with E-state index in [1.807, 2.05) is 0 Å². The number of aromatic amines is 2. The molecular formula is C15H11FN2O2. The standard InChI is InChI=1S/C15H11FN2O2/c1-8-4-14(19)18-7-12(8)9-5-11-10(13(16)6-9)2-3-17-15(11)20/h2-7H,1H3,(H,17,20)(H,18,19). The molecular weight excluding hydrogens is 259 g/mol. The number of rotatable bonds is 1. The van der Waals surface area contributed by atoms with Gasteiger partial charge in [-0.1, -0.05) is 0 Å². The van der Waals surface area contributed by atoms with Crippen LogP contribution in [0.2, 0.25) is 0 Å². The Bertz CT molecular complexity index is 925. The zero-order valence-corrected chi connectivity index (χ0v) is 10.7. The van der Waals surface area contributed by atoms with E-state index in [1.54, 1.807) is 13.0 Å². The highest BCUT2D eigenvalue weighted by Crippen LogP contribution is 2.26. The second-order valence-corrected chi connectivity index (χ2v) is 4.62. The Morgan fingerprint density at radius 3 is 2.60 bits per heavy atom. The Morgan fingerprint density at radius 2 is 1.85 bits per heavy atom. The molecule has 0 radical (unpaired) electrons. The summed E-state index contributed by atoms with van der Waals surface area (Å²) in [5.41, 5.74) is 1.41. The number of hydrogen-bond acceptors (Lipinski definition) is 2. The summed E-state index contributed by atoms with van der Waals surface area (Å²) >= 11 is 0. The lowest BCUT2D eigenvalue weighted by molar-refractivity contribution is 0.640. The first kappa shape index (κ1) is 12.3. The molecule has 0 spiro atoms. The number of fused-ring (bicyclic) bond motifs is 1. The molecule has 2 heterocycles. The van der Waals surface area contributed by atoms with Gasteiger partial charge >= 0.3 is 0 Å². The number of H-pyrrole nitrogens is 2. The van der Waals surface area contributed by atoms with Crippen LogP contribution in [0.3, 0.4) is 0 Å². The zero-order chi connectivity index (χ0) is 14.3. The van der Waals surface area contributed by atoms with Crippen molar-refractivity contribution in [3.63, 3.8) is 0 Å². The predicted octanol–water partition coefficient (Wildman–Crippen LogP) is 2.33. The van der Waals surface area contributed by atoms with Gasteiger partial charge in [0.25, 0.3) is 5.56 Å². The quantitative estimate of drug-likeness (QED) is 0.712. The number of aromatic nitrogens is 2. The minimum Gasteiger partial charge on any atom is -0.329 e. The molecule has 5 heteroatoms. The highest BCUT2D eigenvalue weighted by Gasteiger charge is 2.09. The van der Waals surface area contributed by atoms with Gasteiger partial charge in [0.2, 0.25) is 5.56 Å². The lowest BCUT2D eigenvalue weighted by Gasteiger charge is -2.07. The van der Waals surface area contributed by atoms with Gasteiger partial charge in [0.15, 0.2) is 0 Å². The van der Waals surface area contributed by atoms with E-state index >= 15 is 0 Å². The van der Waals surface area contributed by atoms with Crippen LogP contribution in [0.4, 0.5) is 4.39 Å². The van der Waals surface area contributed by atoms with E-state index in [9.17, 15) is 14.0 Å². The SMILES string of the molecule is Cc1cc(=O)[nH]cc1-c1cc(F)c2cc[nH]c(=O)c2c1. The Kier molecular flexibility index (Phi) is 2.75. The Labute approximate surface area is 112 Å². The molecule has 0 unspecified atom stereocenters. The van der Waals surface area contributed by atoms with Gasteiger partial charge in [-0.3, -0.25) is 9.59 Å². The molecule has 2 N–H and O–H groups in total. The lowest BCUT2D eigenvalue weighted by atomic mass is 10.00. The molecule has 0 aliphatic rings. The smallest absolute Gasteiger partial charge is 0.255 e. The number of benzene rings is 1. The molecule has 0 atom stereocenters. The Balaban J connectivity index is 2.35. The van der Waals surface area contributed by atoms with Crippen molar-refractivity contribution < 1.29 is 4.39 Å². The summed E-state index contributed by atoms with van der Waals surface area (Å²) in [6, 6.07) is 5.95. The van der Waals surface area contributed by atoms with E-state index in [0.717, 1.165) is 5.56 Å². The van der Waals surface area contributed by atoms with Gasteiger partial charge in [-0.2, -0.15) is 0 Å². The van der Waals surface area contributed by atoms with Crippen molar-refractivity contribution in [1.29, 1.82) is 0 Å². The van der Waals surface area contributed by atoms with Crippen LogP contribution in [0, 0.1) is 12.7 Å². The Morgan fingerprint density at radius 1 is 1.05 bits per heavy atom. The molecule has 3 rings (SSSR count). The molecule has 0 aliphatic carbocycles. The van der Waals surface area contributed by atoms with E-state index in [0.29, 0.717) is 11.1 Å². The van der Waals surface area contributed by atoms with Crippen molar-refractivity contribution >= 4 is 10.8 Å². The predicted molar refractivity (Wildman–Crippen MR) is 75.3 cm³/mol. The van der Waals surface area contributed by atoms with Gasteiger partial charge in [0.05, 0.1) is 5.39 Å². The largest absolute Gasteiger partial charge is 0.329 e. The van der Waals surface area contributed by atoms with Crippen LogP contribution in [0.25, 0.3) is 21.9 Å². The highest BCUT2D eigenvalue weighted by molar-refractivity contribution is 5.87. The first-order valence-electron chi connectivity index (χ1n) is 6.07. The van der Waals surface area contributed by atoms with Gasteiger partial charge < -0.3 is 9.97 Å². The summed E-state index contributed by atoms with van der Waals surface area (Å²) in [7, 11) is 0. The third-order valence-corrected chi connectivity index (χ3v) is 3.28. The first-order valence-corrected chi connectivity index (χ1v) is 6.07. The fourth-order valence-corrected chi connectivity index (χ4v) is 2.29. The van der Waals surface area contributed by atoms with Crippen molar-refractivity contribution in [3.8, 4) is 11.1 Å². The van der Waals surface area contributed by atoms with Crippen LogP contribution in [-0.4, -0.2) is 9.97 Å². The third kappa shape index (κ3) is 1.93. The summed E-state index contributed by atoms with van der Waals surface area (Å²) in [5, 5.41) is 0.563. The zero-order valence-electron chi connectivity index (χ0n) is 10.7. The van der Waals surface area contributed by atoms with Crippen LogP contribution in [0.15, 0.2) is 46.2 Å². The molecule has 0 saturated heterocycles. The van der Waals surface area contributed by atoms with Crippen molar-refractivity contribution in [3.05, 3.63) is 68.7 Å². The molecule has 3 aromatic rings. The molecule has 20 heavy (non-hydrogen) atoms. The number of hydrogen-bond donors (Lipinski definition) is 2. The molecule has 0 fully saturated rings. The summed E-state index contributed by atoms with van der Waals surface area (Å²) in [6.07, 6.45) is 2.94. The average Bonchev–Trinajstić information content (AvgIpc) is 2.40. The van der Waals surface area contributed by atoms with Crippen LogP contribution >= 0.6 is 0 Å². The van der Waals surface area contributed by atoms with E-state index in [-0.39, 0.29) is 21.9 Å². The number of pyridine rings is 2. The lowest BCUT2D eigenvalue weighted by Crippen LogP contribution is -2.07. The molecule has 0 aliphatic heterocycles. The van der Waals surface area contributed by atoms with E-state index in [1.165, 1.54) is 30.6 Å². The van der Waals surface area contributed by atoms with Crippen LogP contribution in [-0.2, 0) is 0 Å². The monoisotopic (exact) mass is 270 g/mol. The minimum atomic E-state index is -0.464. The topological polar surface area (TPSA) is 65.7 Å². The van der Waals surface area contributed by atoms with Gasteiger partial charge in [-0.15, -0.1) is 0 Å². The highest BCUT2D eigenvalue weighted by atomic mass is 19.1. The fourth-order valence-electron chi connectivity index (χ4n) is 2.29. The summed E-state index contributed by atoms with van der Waals surface area (Å²) in [6.45, 7) is 1.77. The van der Waals surface area contributed by atoms with Gasteiger partial charge in [-0.25, -0.2) is 4.39 Å². The average molecular weight is 270 g/mol. The number of halogens is 1. The van der Waals surface area contributed by atoms with Gasteiger partial charge in [0, 0.05) is 29.4 Å². The van der Waals surface area contributed by atoms with E-state index < -0.39 is 5.82 Å². The molecule has 0 amide bonds. The van der Waals surface area contributed by atoms with Crippen molar-refractivity contribution in [1.82, 2.24) is 9.97 Å². The van der Waals surface area contributed by atoms with E-state index in [4.69, 9.17) is 0 Å². The molecule has 1 aromatic carbocycles. The third-order valence-electron chi connectivity index (χ3n) is 3.28. The maximum atomic E-state index is 14.1. The molecule has 0 saturated carbocycles. The fraction of sp³-hybridized carbons (Fsp3) is 0.0667. The normalized spacial score (nSPS) is 10.9. The van der Waals surface area contributed by atoms with Crippen LogP contribution < -0.4 is 11.1 Å². The van der Waals surface area contributed by atoms with Crippen LogP contribution in [0.1, 0.15) is 5.56 Å². The Hall–Kier alpha value is -2.69. The van der Waals surface area contributed by atoms with Crippen molar-refractivity contribution in [2.45, 2.75) is 6.92 Å². The maximum absolute atomic E-state index is 14.1. The van der Waals surface area contributed by atoms with Crippen LogP contribution in [0.5, 0.6) is 0 Å². The molecule has 2 aromatic heterocycles. The minimum absolute atomic E-state index is 0.217. The first-order chi connectivity index (χ1) is 9.56. The molecule has 4 nitrogen and oxygen atoms in total. The number of aryl methyl sites for hydroxylation is 1. The molecule has 0 bridgehead atoms.